The minimum atomic E-state index is -0.194. The zero-order chi connectivity index (χ0) is 32.6. The second kappa shape index (κ2) is 12.6. The van der Waals surface area contributed by atoms with E-state index < -0.39 is 0 Å². The lowest BCUT2D eigenvalue weighted by Crippen LogP contribution is -2.45. The maximum Gasteiger partial charge on any atom is 0.131 e. The van der Waals surface area contributed by atoms with Gasteiger partial charge in [-0.25, -0.2) is 9.98 Å². The number of aliphatic imine (C=N–C) groups is 1. The van der Waals surface area contributed by atoms with Crippen LogP contribution < -0.4 is 10.6 Å². The summed E-state index contributed by atoms with van der Waals surface area (Å²) in [4.78, 5) is 9.99. The van der Waals surface area contributed by atoms with Crippen LogP contribution in [0.1, 0.15) is 29.0 Å². The lowest BCUT2D eigenvalue weighted by atomic mass is 9.90. The van der Waals surface area contributed by atoms with E-state index in [1.165, 1.54) is 43.3 Å². The Morgan fingerprint density at radius 2 is 1.12 bits per heavy atom. The van der Waals surface area contributed by atoms with Crippen molar-refractivity contribution in [2.45, 2.75) is 12.3 Å². The summed E-state index contributed by atoms with van der Waals surface area (Å²) < 4.78 is 1.21. The van der Waals surface area contributed by atoms with Gasteiger partial charge in [0, 0.05) is 11.1 Å². The molecular weight excluding hydrogens is 617 g/mol. The Hall–Kier alpha value is -5.88. The van der Waals surface area contributed by atoms with E-state index in [1.807, 2.05) is 18.2 Å². The van der Waals surface area contributed by atoms with Gasteiger partial charge in [0.1, 0.15) is 23.2 Å². The summed E-state index contributed by atoms with van der Waals surface area (Å²) in [6.07, 6.45) is -0.358. The Kier molecular flexibility index (Phi) is 7.54. The van der Waals surface area contributed by atoms with Crippen LogP contribution in [0.5, 0.6) is 0 Å². The summed E-state index contributed by atoms with van der Waals surface area (Å²) in [5.74, 6) is 0.877. The molecule has 2 heterocycles. The van der Waals surface area contributed by atoms with Gasteiger partial charge in [-0.2, -0.15) is 0 Å². The van der Waals surface area contributed by atoms with Crippen molar-refractivity contribution in [1.29, 1.82) is 0 Å². The van der Waals surface area contributed by atoms with Crippen LogP contribution in [0.25, 0.3) is 53.8 Å². The van der Waals surface area contributed by atoms with Gasteiger partial charge in [-0.15, -0.1) is 11.3 Å². The van der Waals surface area contributed by atoms with Crippen LogP contribution in [-0.4, -0.2) is 10.8 Å². The first-order valence-corrected chi connectivity index (χ1v) is 17.4. The molecule has 0 radical (unpaired) electrons. The summed E-state index contributed by atoms with van der Waals surface area (Å²) in [6, 6.07) is 60.0. The van der Waals surface area contributed by atoms with E-state index in [2.05, 4.69) is 162 Å². The Balaban J connectivity index is 1.10. The van der Waals surface area contributed by atoms with E-state index in [1.54, 1.807) is 11.3 Å². The Bertz CT molecular complexity index is 2420. The lowest BCUT2D eigenvalue weighted by Gasteiger charge is -2.33. The molecule has 2 unspecified atom stereocenters. The zero-order valence-electron chi connectivity index (χ0n) is 26.6. The number of thiazole rings is 1. The molecule has 7 aromatic carbocycles. The average molecular weight is 649 g/mol. The van der Waals surface area contributed by atoms with Gasteiger partial charge >= 0.3 is 0 Å². The summed E-state index contributed by atoms with van der Waals surface area (Å²) in [6.45, 7) is 0. The van der Waals surface area contributed by atoms with Crippen LogP contribution in [0.4, 0.5) is 0 Å². The Morgan fingerprint density at radius 3 is 1.92 bits per heavy atom. The van der Waals surface area contributed by atoms with Gasteiger partial charge in [-0.05, 0) is 56.3 Å². The van der Waals surface area contributed by atoms with Crippen molar-refractivity contribution in [3.8, 4) is 32.8 Å². The molecule has 2 atom stereocenters. The number of nitrogens with zero attached hydrogens (tertiary/aromatic N) is 2. The highest BCUT2D eigenvalue weighted by Crippen LogP contribution is 2.39. The molecule has 49 heavy (non-hydrogen) atoms. The van der Waals surface area contributed by atoms with E-state index in [0.717, 1.165) is 33.1 Å². The second-order valence-electron chi connectivity index (χ2n) is 12.3. The SMILES string of the molecule is c1ccc(C2=NC(c3ccccc3)NC(c3ccccc3-c3cccc4c(-c5ccc(-c6nc7ccccc7s6)cc5)cccc34)N2)cc1. The largest absolute Gasteiger partial charge is 0.350 e. The standard InChI is InChI=1S/C44H32N4S/c1-3-13-30(14-4-1)41-46-42(31-15-5-2-6-16-31)48-43(47-41)38-18-8-7-17-37(38)36-22-12-20-34-33(19-11-21-35(34)36)29-25-27-32(28-26-29)44-45-39-23-9-10-24-40(39)49-44/h1-28,41,43,47H,(H,46,48). The van der Waals surface area contributed by atoms with Crippen molar-refractivity contribution in [3.05, 3.63) is 187 Å². The molecule has 8 aromatic rings. The van der Waals surface area contributed by atoms with E-state index in [4.69, 9.17) is 9.98 Å². The van der Waals surface area contributed by atoms with Crippen LogP contribution >= 0.6 is 11.3 Å². The van der Waals surface area contributed by atoms with Gasteiger partial charge < -0.3 is 5.32 Å². The molecule has 0 spiro atoms. The molecule has 2 N–H and O–H groups in total. The molecule has 234 valence electrons. The molecule has 0 fully saturated rings. The molecule has 0 saturated carbocycles. The molecular formula is C44H32N4S. The maximum absolute atomic E-state index is 5.12. The predicted molar refractivity (Wildman–Crippen MR) is 205 cm³/mol. The highest BCUT2D eigenvalue weighted by Gasteiger charge is 2.27. The second-order valence-corrected chi connectivity index (χ2v) is 13.3. The Morgan fingerprint density at radius 1 is 0.490 bits per heavy atom. The average Bonchev–Trinajstić information content (AvgIpc) is 3.63. The van der Waals surface area contributed by atoms with Crippen molar-refractivity contribution in [2.75, 3.05) is 0 Å². The van der Waals surface area contributed by atoms with E-state index in [-0.39, 0.29) is 12.3 Å². The number of amidine groups is 1. The van der Waals surface area contributed by atoms with Crippen molar-refractivity contribution in [3.63, 3.8) is 0 Å². The van der Waals surface area contributed by atoms with Crippen molar-refractivity contribution in [1.82, 2.24) is 15.6 Å². The number of hydrogen-bond acceptors (Lipinski definition) is 5. The number of para-hydroxylation sites is 1. The number of benzene rings is 7. The minimum absolute atomic E-state index is 0.164. The van der Waals surface area contributed by atoms with Crippen molar-refractivity contribution >= 4 is 38.2 Å². The summed E-state index contributed by atoms with van der Waals surface area (Å²) in [5, 5.41) is 11.0. The predicted octanol–water partition coefficient (Wildman–Crippen LogP) is 10.8. The van der Waals surface area contributed by atoms with Crippen LogP contribution in [0.15, 0.2) is 175 Å². The highest BCUT2D eigenvalue weighted by atomic mass is 32.1. The molecule has 1 aliphatic rings. The van der Waals surface area contributed by atoms with Gasteiger partial charge in [-0.3, -0.25) is 5.32 Å². The third-order valence-electron chi connectivity index (χ3n) is 9.25. The fourth-order valence-corrected chi connectivity index (χ4v) is 7.82. The zero-order valence-corrected chi connectivity index (χ0v) is 27.4. The number of aromatic nitrogens is 1. The molecule has 1 aliphatic heterocycles. The number of nitrogens with one attached hydrogen (secondary N) is 2. The van der Waals surface area contributed by atoms with Gasteiger partial charge in [0.25, 0.3) is 0 Å². The fourth-order valence-electron chi connectivity index (χ4n) is 6.85. The summed E-state index contributed by atoms with van der Waals surface area (Å²) >= 11 is 1.74. The third-order valence-corrected chi connectivity index (χ3v) is 10.3. The van der Waals surface area contributed by atoms with Gasteiger partial charge in [0.2, 0.25) is 0 Å². The van der Waals surface area contributed by atoms with Gasteiger partial charge in [0.15, 0.2) is 0 Å². The molecule has 0 bridgehead atoms. The fraction of sp³-hybridized carbons (Fsp3) is 0.0455. The highest BCUT2D eigenvalue weighted by molar-refractivity contribution is 7.21. The smallest absolute Gasteiger partial charge is 0.131 e. The van der Waals surface area contributed by atoms with Crippen LogP contribution in [0, 0.1) is 0 Å². The summed E-state index contributed by atoms with van der Waals surface area (Å²) in [5.41, 5.74) is 10.3. The molecule has 0 saturated heterocycles. The molecule has 4 nitrogen and oxygen atoms in total. The normalized spacial score (nSPS) is 16.0. The first kappa shape index (κ1) is 29.3. The van der Waals surface area contributed by atoms with Crippen LogP contribution in [-0.2, 0) is 0 Å². The topological polar surface area (TPSA) is 49.3 Å². The van der Waals surface area contributed by atoms with Crippen molar-refractivity contribution in [2.24, 2.45) is 4.99 Å². The number of fused-ring (bicyclic) bond motifs is 2. The molecule has 9 rings (SSSR count). The number of hydrogen-bond donors (Lipinski definition) is 2. The van der Waals surface area contributed by atoms with E-state index in [9.17, 15) is 0 Å². The molecule has 5 heteroatoms. The quantitative estimate of drug-likeness (QED) is 0.189. The van der Waals surface area contributed by atoms with Crippen LogP contribution in [0.3, 0.4) is 0 Å². The van der Waals surface area contributed by atoms with E-state index in [0.29, 0.717) is 0 Å². The van der Waals surface area contributed by atoms with Gasteiger partial charge in [-0.1, -0.05) is 158 Å². The first-order valence-electron chi connectivity index (χ1n) is 16.6. The monoisotopic (exact) mass is 648 g/mol. The molecule has 0 amide bonds. The molecule has 0 aliphatic carbocycles. The van der Waals surface area contributed by atoms with E-state index >= 15 is 0 Å². The maximum atomic E-state index is 5.12. The number of rotatable bonds is 6. The first-order chi connectivity index (χ1) is 24.3. The molecule has 1 aromatic heterocycles. The lowest BCUT2D eigenvalue weighted by molar-refractivity contribution is 0.409. The summed E-state index contributed by atoms with van der Waals surface area (Å²) in [7, 11) is 0. The van der Waals surface area contributed by atoms with Gasteiger partial charge in [0.05, 0.1) is 10.2 Å². The minimum Gasteiger partial charge on any atom is -0.350 e. The Labute approximate surface area is 289 Å². The van der Waals surface area contributed by atoms with Crippen molar-refractivity contribution < 1.29 is 0 Å². The van der Waals surface area contributed by atoms with Crippen LogP contribution in [0.2, 0.25) is 0 Å². The third kappa shape index (κ3) is 5.59.